The molecular formula is C26H27N5O3S. The number of carbonyl (C=O) groups excluding carboxylic acids is 1. The van der Waals surface area contributed by atoms with Gasteiger partial charge in [0.15, 0.2) is 5.82 Å². The number of aryl methyl sites for hydroxylation is 1. The van der Waals surface area contributed by atoms with Crippen molar-refractivity contribution >= 4 is 38.7 Å². The molecule has 1 unspecified atom stereocenters. The van der Waals surface area contributed by atoms with Gasteiger partial charge in [-0.15, -0.1) is 11.3 Å². The predicted octanol–water partition coefficient (Wildman–Crippen LogP) is 4.00. The summed E-state index contributed by atoms with van der Waals surface area (Å²) in [4.78, 5) is 19.6. The van der Waals surface area contributed by atoms with E-state index in [9.17, 15) is 4.79 Å². The van der Waals surface area contributed by atoms with Crippen molar-refractivity contribution in [2.45, 2.75) is 32.8 Å². The van der Waals surface area contributed by atoms with E-state index in [1.54, 1.807) is 37.4 Å². The summed E-state index contributed by atoms with van der Waals surface area (Å²) >= 11 is 1.65. The van der Waals surface area contributed by atoms with Crippen molar-refractivity contribution in [3.63, 3.8) is 0 Å². The van der Waals surface area contributed by atoms with E-state index in [4.69, 9.17) is 15.2 Å². The Labute approximate surface area is 207 Å². The number of ether oxygens (including phenoxy) is 2. The second-order valence-corrected chi connectivity index (χ2v) is 9.74. The number of thiophene rings is 1. The van der Waals surface area contributed by atoms with Crippen LogP contribution in [0.5, 0.6) is 5.75 Å². The number of hydrogen-bond acceptors (Lipinski definition) is 7. The van der Waals surface area contributed by atoms with Gasteiger partial charge in [0.25, 0.3) is 5.91 Å². The molecule has 3 aromatic heterocycles. The quantitative estimate of drug-likeness (QED) is 0.426. The van der Waals surface area contributed by atoms with Gasteiger partial charge in [-0.3, -0.25) is 4.79 Å². The van der Waals surface area contributed by atoms with Crippen molar-refractivity contribution < 1.29 is 14.3 Å². The lowest BCUT2D eigenvalue weighted by atomic mass is 9.98. The SMILES string of the molecule is CC#CC(=O)N1CCC(c2c(COC)c(-c3cc4cc(C)cc(OC)c4s3)c3c(N)ncnn23)C1. The number of rotatable bonds is 5. The maximum atomic E-state index is 12.4. The third-order valence-corrected chi connectivity index (χ3v) is 7.65. The fourth-order valence-corrected chi connectivity index (χ4v) is 6.26. The van der Waals surface area contributed by atoms with Crippen LogP contribution < -0.4 is 10.5 Å². The first-order chi connectivity index (χ1) is 17.0. The normalized spacial score (nSPS) is 15.5. The molecule has 5 rings (SSSR count). The summed E-state index contributed by atoms with van der Waals surface area (Å²) in [6.45, 7) is 5.34. The first kappa shape index (κ1) is 23.1. The number of benzene rings is 1. The van der Waals surface area contributed by atoms with Crippen LogP contribution in [0.1, 0.15) is 36.1 Å². The average Bonchev–Trinajstić information content (AvgIpc) is 3.54. The highest BCUT2D eigenvalue weighted by molar-refractivity contribution is 7.22. The molecule has 4 heterocycles. The van der Waals surface area contributed by atoms with Crippen LogP contribution in [-0.2, 0) is 16.1 Å². The smallest absolute Gasteiger partial charge is 0.298 e. The summed E-state index contributed by atoms with van der Waals surface area (Å²) in [5.74, 6) is 6.54. The number of nitrogens with zero attached hydrogens (tertiary/aromatic N) is 4. The third kappa shape index (κ3) is 3.89. The van der Waals surface area contributed by atoms with Crippen molar-refractivity contribution in [1.82, 2.24) is 19.5 Å². The van der Waals surface area contributed by atoms with Crippen molar-refractivity contribution in [3.05, 3.63) is 41.3 Å². The molecule has 1 aliphatic heterocycles. The van der Waals surface area contributed by atoms with E-state index in [1.807, 2.05) is 10.6 Å². The second-order valence-electron chi connectivity index (χ2n) is 8.69. The van der Waals surface area contributed by atoms with Crippen molar-refractivity contribution in [2.75, 3.05) is 33.0 Å². The minimum Gasteiger partial charge on any atom is -0.495 e. The van der Waals surface area contributed by atoms with Crippen LogP contribution in [-0.4, -0.2) is 52.7 Å². The minimum absolute atomic E-state index is 0.0736. The number of nitrogens with two attached hydrogens (primary N) is 1. The first-order valence-corrected chi connectivity index (χ1v) is 12.2. The maximum absolute atomic E-state index is 12.4. The van der Waals surface area contributed by atoms with E-state index < -0.39 is 0 Å². The molecular weight excluding hydrogens is 462 g/mol. The van der Waals surface area contributed by atoms with Gasteiger partial charge in [-0.1, -0.05) is 12.0 Å². The number of aromatic nitrogens is 3. The number of anilines is 1. The van der Waals surface area contributed by atoms with Gasteiger partial charge in [0.1, 0.15) is 17.6 Å². The number of hydrogen-bond donors (Lipinski definition) is 1. The molecule has 1 atom stereocenters. The third-order valence-electron chi connectivity index (χ3n) is 6.47. The van der Waals surface area contributed by atoms with Crippen molar-refractivity contribution in [2.24, 2.45) is 0 Å². The molecule has 4 aromatic rings. The van der Waals surface area contributed by atoms with Gasteiger partial charge in [-0.05, 0) is 49.3 Å². The predicted molar refractivity (Wildman–Crippen MR) is 138 cm³/mol. The van der Waals surface area contributed by atoms with Crippen LogP contribution in [0.2, 0.25) is 0 Å². The largest absolute Gasteiger partial charge is 0.495 e. The lowest BCUT2D eigenvalue weighted by molar-refractivity contribution is -0.124. The highest BCUT2D eigenvalue weighted by Crippen LogP contribution is 2.46. The van der Waals surface area contributed by atoms with Gasteiger partial charge in [0.2, 0.25) is 0 Å². The van der Waals surface area contributed by atoms with Gasteiger partial charge in [-0.25, -0.2) is 9.50 Å². The fraction of sp³-hybridized carbons (Fsp3) is 0.346. The summed E-state index contributed by atoms with van der Waals surface area (Å²) in [6.07, 6.45) is 2.28. The van der Waals surface area contributed by atoms with E-state index >= 15 is 0 Å². The monoisotopic (exact) mass is 489 g/mol. The van der Waals surface area contributed by atoms with Crippen LogP contribution in [0, 0.1) is 18.8 Å². The lowest BCUT2D eigenvalue weighted by Gasteiger charge is -2.15. The van der Waals surface area contributed by atoms with Crippen molar-refractivity contribution in [1.29, 1.82) is 0 Å². The van der Waals surface area contributed by atoms with E-state index in [2.05, 4.69) is 41.0 Å². The van der Waals surface area contributed by atoms with Crippen LogP contribution in [0.15, 0.2) is 24.5 Å². The Morgan fingerprint density at radius 1 is 1.31 bits per heavy atom. The Morgan fingerprint density at radius 3 is 2.89 bits per heavy atom. The Hall–Kier alpha value is -3.61. The highest BCUT2D eigenvalue weighted by atomic mass is 32.1. The molecule has 1 aromatic carbocycles. The van der Waals surface area contributed by atoms with Crippen LogP contribution >= 0.6 is 11.3 Å². The van der Waals surface area contributed by atoms with Gasteiger partial charge in [0, 0.05) is 42.1 Å². The van der Waals surface area contributed by atoms with Gasteiger partial charge >= 0.3 is 0 Å². The molecule has 8 nitrogen and oxygen atoms in total. The summed E-state index contributed by atoms with van der Waals surface area (Å²) < 4.78 is 14.3. The number of methoxy groups -OCH3 is 2. The molecule has 35 heavy (non-hydrogen) atoms. The standard InChI is InChI=1S/C26H27N5O3S/c1-5-6-21(32)30-8-7-16(12-30)23-18(13-33-3)22(24-26(27)28-14-29-31(23)24)20-11-17-9-15(2)10-19(34-4)25(17)35-20/h9-11,14,16H,7-8,12-13H2,1-4H3,(H2,27,28,29). The summed E-state index contributed by atoms with van der Waals surface area (Å²) in [5.41, 5.74) is 11.3. The summed E-state index contributed by atoms with van der Waals surface area (Å²) in [6, 6.07) is 6.37. The molecule has 0 aliphatic carbocycles. The van der Waals surface area contributed by atoms with Crippen LogP contribution in [0.25, 0.3) is 26.0 Å². The first-order valence-electron chi connectivity index (χ1n) is 11.4. The van der Waals surface area contributed by atoms with E-state index in [-0.39, 0.29) is 11.8 Å². The number of amides is 1. The zero-order chi connectivity index (χ0) is 24.7. The minimum atomic E-state index is -0.148. The van der Waals surface area contributed by atoms with Gasteiger partial charge < -0.3 is 20.1 Å². The van der Waals surface area contributed by atoms with Crippen LogP contribution in [0.4, 0.5) is 5.82 Å². The molecule has 1 amide bonds. The molecule has 0 saturated carbocycles. The second kappa shape index (κ2) is 9.21. The molecule has 1 fully saturated rings. The van der Waals surface area contributed by atoms with E-state index in [0.717, 1.165) is 55.0 Å². The maximum Gasteiger partial charge on any atom is 0.298 e. The number of carbonyl (C=O) groups is 1. The Balaban J connectivity index is 1.74. The van der Waals surface area contributed by atoms with E-state index in [1.165, 1.54) is 6.33 Å². The average molecular weight is 490 g/mol. The molecule has 1 saturated heterocycles. The van der Waals surface area contributed by atoms with E-state index in [0.29, 0.717) is 25.5 Å². The van der Waals surface area contributed by atoms with Crippen LogP contribution in [0.3, 0.4) is 0 Å². The summed E-state index contributed by atoms with van der Waals surface area (Å²) in [7, 11) is 3.38. The number of likely N-dealkylation sites (tertiary alicyclic amines) is 1. The Morgan fingerprint density at radius 2 is 2.14 bits per heavy atom. The van der Waals surface area contributed by atoms with Crippen molar-refractivity contribution in [3.8, 4) is 28.0 Å². The molecule has 9 heteroatoms. The van der Waals surface area contributed by atoms with Gasteiger partial charge in [0.05, 0.1) is 24.1 Å². The zero-order valence-corrected chi connectivity index (χ0v) is 21.0. The number of nitrogen functional groups attached to an aromatic ring is 1. The summed E-state index contributed by atoms with van der Waals surface area (Å²) in [5, 5.41) is 5.71. The Bertz CT molecular complexity index is 1510. The topological polar surface area (TPSA) is 95.0 Å². The molecule has 2 N–H and O–H groups in total. The zero-order valence-electron chi connectivity index (χ0n) is 20.2. The van der Waals surface area contributed by atoms with Gasteiger partial charge in [-0.2, -0.15) is 5.10 Å². The fourth-order valence-electron chi connectivity index (χ4n) is 5.05. The molecule has 1 aliphatic rings. The Kier molecular flexibility index (Phi) is 6.09. The highest BCUT2D eigenvalue weighted by Gasteiger charge is 2.34. The lowest BCUT2D eigenvalue weighted by Crippen LogP contribution is -2.27. The molecule has 0 bridgehead atoms. The molecule has 0 spiro atoms. The molecule has 180 valence electrons. The molecule has 0 radical (unpaired) electrons. The number of fused-ring (bicyclic) bond motifs is 2.